The van der Waals surface area contributed by atoms with Crippen LogP contribution >= 0.6 is 0 Å². The summed E-state index contributed by atoms with van der Waals surface area (Å²) in [5.74, 6) is 0. The van der Waals surface area contributed by atoms with E-state index < -0.39 is 10.0 Å². The largest absolute Gasteiger partial charge is 0.269 e. The standard InChI is InChI=1S/C19H19NO2S/c1-14-8-12-17(13-9-14)23(21,22)20(3)19-15(2)10-11-16-6-4-5-7-18(16)19/h4-13H,1-3H3. The van der Waals surface area contributed by atoms with Crippen LogP contribution in [0.1, 0.15) is 11.1 Å². The number of fused-ring (bicyclic) bond motifs is 1. The van der Waals surface area contributed by atoms with Crippen molar-refractivity contribution in [2.75, 3.05) is 11.4 Å². The molecule has 0 N–H and O–H groups in total. The molecule has 0 aliphatic heterocycles. The van der Waals surface area contributed by atoms with Crippen LogP contribution in [0.2, 0.25) is 0 Å². The first-order valence-electron chi connectivity index (χ1n) is 7.45. The van der Waals surface area contributed by atoms with Crippen molar-refractivity contribution in [1.82, 2.24) is 0 Å². The SMILES string of the molecule is Cc1ccc(S(=O)(=O)N(C)c2c(C)ccc3ccccc23)cc1. The molecular weight excluding hydrogens is 306 g/mol. The van der Waals surface area contributed by atoms with Gasteiger partial charge in [-0.3, -0.25) is 4.31 Å². The molecule has 0 aliphatic carbocycles. The Morgan fingerprint density at radius 2 is 1.48 bits per heavy atom. The normalized spacial score (nSPS) is 11.6. The van der Waals surface area contributed by atoms with E-state index in [9.17, 15) is 8.42 Å². The van der Waals surface area contributed by atoms with Gasteiger partial charge in [-0.05, 0) is 36.9 Å². The molecule has 118 valence electrons. The second-order valence-electron chi connectivity index (χ2n) is 5.74. The summed E-state index contributed by atoms with van der Waals surface area (Å²) in [4.78, 5) is 0.304. The Morgan fingerprint density at radius 3 is 2.17 bits per heavy atom. The first kappa shape index (κ1) is 15.6. The zero-order valence-corrected chi connectivity index (χ0v) is 14.3. The lowest BCUT2D eigenvalue weighted by atomic mass is 10.0. The summed E-state index contributed by atoms with van der Waals surface area (Å²) < 4.78 is 27.3. The summed E-state index contributed by atoms with van der Waals surface area (Å²) in [5, 5.41) is 1.96. The zero-order valence-electron chi connectivity index (χ0n) is 13.4. The third-order valence-electron chi connectivity index (χ3n) is 4.10. The Bertz CT molecular complexity index is 960. The quantitative estimate of drug-likeness (QED) is 0.721. The molecule has 0 unspecified atom stereocenters. The topological polar surface area (TPSA) is 37.4 Å². The molecule has 0 aromatic heterocycles. The van der Waals surface area contributed by atoms with Gasteiger partial charge in [-0.1, -0.05) is 54.1 Å². The first-order valence-corrected chi connectivity index (χ1v) is 8.89. The van der Waals surface area contributed by atoms with Crippen molar-refractivity contribution in [3.8, 4) is 0 Å². The van der Waals surface area contributed by atoms with E-state index in [0.717, 1.165) is 27.6 Å². The Balaban J connectivity index is 2.18. The molecular formula is C19H19NO2S. The molecule has 0 saturated carbocycles. The molecule has 4 heteroatoms. The van der Waals surface area contributed by atoms with Crippen LogP contribution in [0, 0.1) is 13.8 Å². The van der Waals surface area contributed by atoms with E-state index in [2.05, 4.69) is 0 Å². The summed E-state index contributed by atoms with van der Waals surface area (Å²) in [6.45, 7) is 3.87. The van der Waals surface area contributed by atoms with E-state index >= 15 is 0 Å². The molecule has 0 heterocycles. The van der Waals surface area contributed by atoms with Gasteiger partial charge < -0.3 is 0 Å². The van der Waals surface area contributed by atoms with Gasteiger partial charge in [0.2, 0.25) is 0 Å². The summed E-state index contributed by atoms with van der Waals surface area (Å²) in [6, 6.07) is 18.7. The molecule has 3 aromatic rings. The smallest absolute Gasteiger partial charge is 0.264 e. The third kappa shape index (κ3) is 2.70. The predicted octanol–water partition coefficient (Wildman–Crippen LogP) is 4.28. The van der Waals surface area contributed by atoms with Gasteiger partial charge in [0.15, 0.2) is 0 Å². The fraction of sp³-hybridized carbons (Fsp3) is 0.158. The van der Waals surface area contributed by atoms with Crippen LogP contribution in [0.25, 0.3) is 10.8 Å². The van der Waals surface area contributed by atoms with Gasteiger partial charge in [0.1, 0.15) is 0 Å². The van der Waals surface area contributed by atoms with Gasteiger partial charge in [0, 0.05) is 12.4 Å². The number of hydrogen-bond donors (Lipinski definition) is 0. The average molecular weight is 325 g/mol. The van der Waals surface area contributed by atoms with Gasteiger partial charge in [-0.2, -0.15) is 0 Å². The third-order valence-corrected chi connectivity index (χ3v) is 5.87. The van der Waals surface area contributed by atoms with Crippen molar-refractivity contribution in [1.29, 1.82) is 0 Å². The molecule has 3 rings (SSSR count). The molecule has 3 nitrogen and oxygen atoms in total. The van der Waals surface area contributed by atoms with Crippen molar-refractivity contribution in [2.24, 2.45) is 0 Å². The van der Waals surface area contributed by atoms with Crippen LogP contribution in [0.5, 0.6) is 0 Å². The van der Waals surface area contributed by atoms with E-state index in [1.54, 1.807) is 19.2 Å². The number of anilines is 1. The van der Waals surface area contributed by atoms with Crippen LogP contribution in [-0.2, 0) is 10.0 Å². The Kier molecular flexibility index (Phi) is 3.86. The monoisotopic (exact) mass is 325 g/mol. The Morgan fingerprint density at radius 1 is 0.826 bits per heavy atom. The summed E-state index contributed by atoms with van der Waals surface area (Å²) >= 11 is 0. The molecule has 3 aromatic carbocycles. The lowest BCUT2D eigenvalue weighted by Crippen LogP contribution is -2.27. The number of aryl methyl sites for hydroxylation is 2. The minimum atomic E-state index is -3.59. The lowest BCUT2D eigenvalue weighted by Gasteiger charge is -2.23. The summed E-state index contributed by atoms with van der Waals surface area (Å²) in [6.07, 6.45) is 0. The fourth-order valence-corrected chi connectivity index (χ4v) is 4.05. The van der Waals surface area contributed by atoms with Crippen molar-refractivity contribution < 1.29 is 8.42 Å². The van der Waals surface area contributed by atoms with E-state index in [-0.39, 0.29) is 0 Å². The van der Waals surface area contributed by atoms with Crippen molar-refractivity contribution in [3.63, 3.8) is 0 Å². The molecule has 0 amide bonds. The maximum Gasteiger partial charge on any atom is 0.264 e. The molecule has 0 fully saturated rings. The van der Waals surface area contributed by atoms with Gasteiger partial charge in [0.05, 0.1) is 10.6 Å². The molecule has 0 radical (unpaired) electrons. The Hall–Kier alpha value is -2.33. The number of nitrogens with zero attached hydrogens (tertiary/aromatic N) is 1. The highest BCUT2D eigenvalue weighted by Gasteiger charge is 2.23. The lowest BCUT2D eigenvalue weighted by molar-refractivity contribution is 0.594. The van der Waals surface area contributed by atoms with Crippen LogP contribution in [0.15, 0.2) is 65.6 Å². The molecule has 0 spiro atoms. The minimum Gasteiger partial charge on any atom is -0.269 e. The number of sulfonamides is 1. The highest BCUT2D eigenvalue weighted by Crippen LogP contribution is 2.33. The molecule has 0 atom stereocenters. The summed E-state index contributed by atoms with van der Waals surface area (Å²) in [5.41, 5.74) is 2.69. The zero-order chi connectivity index (χ0) is 16.6. The number of hydrogen-bond acceptors (Lipinski definition) is 2. The van der Waals surface area contributed by atoms with Crippen molar-refractivity contribution in [3.05, 3.63) is 71.8 Å². The van der Waals surface area contributed by atoms with Crippen LogP contribution in [-0.4, -0.2) is 15.5 Å². The molecule has 0 saturated heterocycles. The van der Waals surface area contributed by atoms with E-state index in [0.29, 0.717) is 4.90 Å². The minimum absolute atomic E-state index is 0.304. The molecule has 0 bridgehead atoms. The Labute approximate surface area is 137 Å². The average Bonchev–Trinajstić information content (AvgIpc) is 2.54. The van der Waals surface area contributed by atoms with Gasteiger partial charge >= 0.3 is 0 Å². The number of benzene rings is 3. The first-order chi connectivity index (χ1) is 10.9. The highest BCUT2D eigenvalue weighted by molar-refractivity contribution is 7.92. The maximum atomic E-state index is 13.0. The molecule has 23 heavy (non-hydrogen) atoms. The van der Waals surface area contributed by atoms with E-state index in [1.165, 1.54) is 4.31 Å². The van der Waals surface area contributed by atoms with E-state index in [1.807, 2.05) is 62.4 Å². The van der Waals surface area contributed by atoms with E-state index in [4.69, 9.17) is 0 Å². The maximum absolute atomic E-state index is 13.0. The predicted molar refractivity (Wildman–Crippen MR) is 95.5 cm³/mol. The summed E-state index contributed by atoms with van der Waals surface area (Å²) in [7, 11) is -1.97. The van der Waals surface area contributed by atoms with Crippen LogP contribution < -0.4 is 4.31 Å². The second-order valence-corrected chi connectivity index (χ2v) is 7.71. The van der Waals surface area contributed by atoms with Crippen molar-refractivity contribution >= 4 is 26.5 Å². The molecule has 0 aliphatic rings. The van der Waals surface area contributed by atoms with Gasteiger partial charge in [-0.25, -0.2) is 8.42 Å². The number of rotatable bonds is 3. The van der Waals surface area contributed by atoms with Crippen molar-refractivity contribution in [2.45, 2.75) is 18.7 Å². The second kappa shape index (κ2) is 5.70. The van der Waals surface area contributed by atoms with Gasteiger partial charge in [0.25, 0.3) is 10.0 Å². The highest BCUT2D eigenvalue weighted by atomic mass is 32.2. The fourth-order valence-electron chi connectivity index (χ4n) is 2.77. The van der Waals surface area contributed by atoms with Gasteiger partial charge in [-0.15, -0.1) is 0 Å². The van der Waals surface area contributed by atoms with Crippen LogP contribution in [0.3, 0.4) is 0 Å². The van der Waals surface area contributed by atoms with Crippen LogP contribution in [0.4, 0.5) is 5.69 Å².